The molecule has 0 radical (unpaired) electrons. The summed E-state index contributed by atoms with van der Waals surface area (Å²) in [5, 5.41) is 6.12. The number of nitrogens with zero attached hydrogens (tertiary/aromatic N) is 1. The van der Waals surface area contributed by atoms with Crippen molar-refractivity contribution in [3.05, 3.63) is 69.4 Å². The summed E-state index contributed by atoms with van der Waals surface area (Å²) in [5.74, 6) is 0.167. The second-order valence-electron chi connectivity index (χ2n) is 6.56. The van der Waals surface area contributed by atoms with Gasteiger partial charge in [0.2, 0.25) is 5.91 Å². The predicted octanol–water partition coefficient (Wildman–Crippen LogP) is 4.37. The number of hydrogen-bond acceptors (Lipinski definition) is 5. The van der Waals surface area contributed by atoms with Crippen molar-refractivity contribution in [3.63, 3.8) is 0 Å². The molecule has 0 saturated carbocycles. The minimum atomic E-state index is -0.339. The first-order valence-corrected chi connectivity index (χ1v) is 10.3. The zero-order chi connectivity index (χ0) is 20.2. The number of benzene rings is 2. The Hall–Kier alpha value is -2.48. The Balaban J connectivity index is 1.34. The number of hydrogen-bond donors (Lipinski definition) is 1. The van der Waals surface area contributed by atoms with Crippen LogP contribution in [-0.4, -0.2) is 24.2 Å². The van der Waals surface area contributed by atoms with Crippen LogP contribution in [0.15, 0.2) is 41.8 Å². The first-order valence-electron chi connectivity index (χ1n) is 9.08. The van der Waals surface area contributed by atoms with Crippen molar-refractivity contribution < 1.29 is 18.7 Å². The van der Waals surface area contributed by atoms with Crippen molar-refractivity contribution in [3.8, 4) is 16.3 Å². The second-order valence-corrected chi connectivity index (χ2v) is 7.83. The van der Waals surface area contributed by atoms with Crippen molar-refractivity contribution in [2.75, 3.05) is 13.3 Å². The third kappa shape index (κ3) is 4.75. The number of nitrogens with one attached hydrogen (secondary N) is 1. The van der Waals surface area contributed by atoms with Crippen LogP contribution < -0.4 is 10.1 Å². The summed E-state index contributed by atoms with van der Waals surface area (Å²) in [6, 6.07) is 10.3. The number of carbonyl (C=O) groups excluding carboxylic acids is 1. The molecule has 0 bridgehead atoms. The fourth-order valence-corrected chi connectivity index (χ4v) is 4.29. The Morgan fingerprint density at radius 2 is 2.17 bits per heavy atom. The molecular weight excluding hydrogens is 415 g/mol. The van der Waals surface area contributed by atoms with E-state index >= 15 is 0 Å². The van der Waals surface area contributed by atoms with Gasteiger partial charge in [0, 0.05) is 23.1 Å². The Labute approximate surface area is 176 Å². The number of ether oxygens (including phenoxy) is 2. The molecule has 1 aliphatic rings. The van der Waals surface area contributed by atoms with Crippen LogP contribution in [0.5, 0.6) is 5.75 Å². The van der Waals surface area contributed by atoms with Gasteiger partial charge in [0.25, 0.3) is 0 Å². The van der Waals surface area contributed by atoms with E-state index in [1.165, 1.54) is 23.5 Å². The molecule has 0 spiro atoms. The average molecular weight is 433 g/mol. The standard InChI is InChI=1S/C21H18ClFN2O3S/c22-18-4-2-1-3-17(18)21-25-16(11-29-21)9-19(26)24-6-5-13-7-15(23)8-14-10-27-12-28-20(13)14/h1-4,7-8,11H,5-6,9-10,12H2,(H,24,26). The monoisotopic (exact) mass is 432 g/mol. The fraction of sp³-hybridized carbons (Fsp3) is 0.238. The normalized spacial score (nSPS) is 12.9. The highest BCUT2D eigenvalue weighted by atomic mass is 35.5. The van der Waals surface area contributed by atoms with Crippen LogP contribution in [-0.2, 0) is 29.0 Å². The van der Waals surface area contributed by atoms with Gasteiger partial charge in [0.1, 0.15) is 16.6 Å². The summed E-state index contributed by atoms with van der Waals surface area (Å²) in [5.41, 5.74) is 2.95. The van der Waals surface area contributed by atoms with E-state index in [9.17, 15) is 9.18 Å². The van der Waals surface area contributed by atoms with E-state index < -0.39 is 0 Å². The molecule has 1 aliphatic heterocycles. The molecular formula is C21H18ClFN2O3S. The lowest BCUT2D eigenvalue weighted by atomic mass is 10.1. The van der Waals surface area contributed by atoms with E-state index in [0.717, 1.165) is 16.1 Å². The van der Waals surface area contributed by atoms with E-state index in [2.05, 4.69) is 10.3 Å². The molecule has 2 heterocycles. The van der Waals surface area contributed by atoms with E-state index in [1.807, 2.05) is 29.6 Å². The van der Waals surface area contributed by atoms with Gasteiger partial charge in [-0.3, -0.25) is 4.79 Å². The Morgan fingerprint density at radius 3 is 3.03 bits per heavy atom. The Morgan fingerprint density at radius 1 is 1.31 bits per heavy atom. The molecule has 0 fully saturated rings. The van der Waals surface area contributed by atoms with Crippen LogP contribution in [0.3, 0.4) is 0 Å². The van der Waals surface area contributed by atoms with Gasteiger partial charge in [-0.1, -0.05) is 29.8 Å². The number of thiazole rings is 1. The summed E-state index contributed by atoms with van der Waals surface area (Å²) in [6.07, 6.45) is 0.639. The number of amides is 1. The molecule has 3 aromatic rings. The maximum atomic E-state index is 13.8. The molecule has 29 heavy (non-hydrogen) atoms. The van der Waals surface area contributed by atoms with Crippen LogP contribution in [0.4, 0.5) is 4.39 Å². The molecule has 1 aromatic heterocycles. The third-order valence-corrected chi connectivity index (χ3v) is 5.72. The fourth-order valence-electron chi connectivity index (χ4n) is 3.15. The molecule has 4 rings (SSSR count). The summed E-state index contributed by atoms with van der Waals surface area (Å²) >= 11 is 7.66. The lowest BCUT2D eigenvalue weighted by molar-refractivity contribution is -0.120. The van der Waals surface area contributed by atoms with Gasteiger partial charge in [-0.15, -0.1) is 11.3 Å². The predicted molar refractivity (Wildman–Crippen MR) is 110 cm³/mol. The Kier molecular flexibility index (Phi) is 6.08. The molecule has 0 saturated heterocycles. The first kappa shape index (κ1) is 19.8. The Bertz CT molecular complexity index is 1040. The number of fused-ring (bicyclic) bond motifs is 1. The topological polar surface area (TPSA) is 60.5 Å². The van der Waals surface area contributed by atoms with Crippen LogP contribution in [0.2, 0.25) is 5.02 Å². The van der Waals surface area contributed by atoms with Gasteiger partial charge in [0.05, 0.1) is 23.7 Å². The van der Waals surface area contributed by atoms with Crippen molar-refractivity contribution in [2.45, 2.75) is 19.4 Å². The molecule has 5 nitrogen and oxygen atoms in total. The van der Waals surface area contributed by atoms with Crippen molar-refractivity contribution in [1.82, 2.24) is 10.3 Å². The van der Waals surface area contributed by atoms with Gasteiger partial charge in [-0.05, 0) is 30.2 Å². The molecule has 0 atom stereocenters. The molecule has 150 valence electrons. The number of aromatic nitrogens is 1. The number of halogens is 2. The van der Waals surface area contributed by atoms with E-state index in [1.54, 1.807) is 0 Å². The van der Waals surface area contributed by atoms with Gasteiger partial charge in [0.15, 0.2) is 6.79 Å². The highest BCUT2D eigenvalue weighted by molar-refractivity contribution is 7.13. The highest BCUT2D eigenvalue weighted by Gasteiger charge is 2.17. The van der Waals surface area contributed by atoms with E-state index in [-0.39, 0.29) is 24.9 Å². The second kappa shape index (κ2) is 8.90. The van der Waals surface area contributed by atoms with E-state index in [0.29, 0.717) is 41.6 Å². The van der Waals surface area contributed by atoms with Gasteiger partial charge < -0.3 is 14.8 Å². The maximum absolute atomic E-state index is 13.8. The zero-order valence-electron chi connectivity index (χ0n) is 15.4. The van der Waals surface area contributed by atoms with Crippen LogP contribution in [0.25, 0.3) is 10.6 Å². The number of rotatable bonds is 6. The SMILES string of the molecule is O=C(Cc1csc(-c2ccccc2Cl)n1)NCCc1cc(F)cc2c1OCOC2. The lowest BCUT2D eigenvalue weighted by Gasteiger charge is -2.20. The summed E-state index contributed by atoms with van der Waals surface area (Å²) < 4.78 is 24.5. The molecule has 8 heteroatoms. The molecule has 0 unspecified atom stereocenters. The minimum Gasteiger partial charge on any atom is -0.467 e. The third-order valence-electron chi connectivity index (χ3n) is 4.47. The van der Waals surface area contributed by atoms with E-state index in [4.69, 9.17) is 21.1 Å². The quantitative estimate of drug-likeness (QED) is 0.628. The summed E-state index contributed by atoms with van der Waals surface area (Å²) in [6.45, 7) is 0.847. The van der Waals surface area contributed by atoms with Crippen LogP contribution in [0.1, 0.15) is 16.8 Å². The average Bonchev–Trinajstić information content (AvgIpc) is 3.16. The summed E-state index contributed by atoms with van der Waals surface area (Å²) in [4.78, 5) is 16.8. The molecule has 0 aliphatic carbocycles. The lowest BCUT2D eigenvalue weighted by Crippen LogP contribution is -2.27. The van der Waals surface area contributed by atoms with Crippen LogP contribution in [0, 0.1) is 5.82 Å². The smallest absolute Gasteiger partial charge is 0.226 e. The molecule has 1 amide bonds. The van der Waals surface area contributed by atoms with Crippen molar-refractivity contribution >= 4 is 28.8 Å². The van der Waals surface area contributed by atoms with Gasteiger partial charge >= 0.3 is 0 Å². The highest BCUT2D eigenvalue weighted by Crippen LogP contribution is 2.31. The maximum Gasteiger partial charge on any atom is 0.226 e. The molecule has 1 N–H and O–H groups in total. The van der Waals surface area contributed by atoms with Crippen LogP contribution >= 0.6 is 22.9 Å². The first-order chi connectivity index (χ1) is 14.1. The van der Waals surface area contributed by atoms with Crippen molar-refractivity contribution in [1.29, 1.82) is 0 Å². The molecule has 2 aromatic carbocycles. The zero-order valence-corrected chi connectivity index (χ0v) is 17.0. The van der Waals surface area contributed by atoms with Gasteiger partial charge in [-0.25, -0.2) is 9.37 Å². The van der Waals surface area contributed by atoms with Gasteiger partial charge in [-0.2, -0.15) is 0 Å². The summed E-state index contributed by atoms with van der Waals surface area (Å²) in [7, 11) is 0. The largest absolute Gasteiger partial charge is 0.467 e. The number of carbonyl (C=O) groups is 1. The van der Waals surface area contributed by atoms with Crippen molar-refractivity contribution in [2.24, 2.45) is 0 Å². The minimum absolute atomic E-state index is 0.143.